The van der Waals surface area contributed by atoms with Gasteiger partial charge in [-0.2, -0.15) is 16.3 Å². The van der Waals surface area contributed by atoms with Crippen molar-refractivity contribution in [3.8, 4) is 0 Å². The van der Waals surface area contributed by atoms with Crippen molar-refractivity contribution in [3.05, 3.63) is 17.1 Å². The molecule has 1 aliphatic rings. The van der Waals surface area contributed by atoms with Crippen molar-refractivity contribution in [2.75, 3.05) is 26.0 Å². The number of thioether (sulfide) groups is 1. The number of carbonyl (C=O) groups excluding carboxylic acids is 1. The Kier molecular flexibility index (Phi) is 20.1. The Morgan fingerprint density at radius 3 is 2.17 bits per heavy atom. The van der Waals surface area contributed by atoms with Crippen LogP contribution >= 0.6 is 23.1 Å². The van der Waals surface area contributed by atoms with Gasteiger partial charge >= 0.3 is 6.09 Å². The van der Waals surface area contributed by atoms with Gasteiger partial charge in [0.05, 0.1) is 17.2 Å². The van der Waals surface area contributed by atoms with Crippen molar-refractivity contribution in [2.24, 2.45) is 5.92 Å². The Morgan fingerprint density at radius 2 is 1.63 bits per heavy atom. The van der Waals surface area contributed by atoms with E-state index in [4.69, 9.17) is 4.74 Å². The molecule has 35 heavy (non-hydrogen) atoms. The first-order valence-corrected chi connectivity index (χ1v) is 16.3. The van der Waals surface area contributed by atoms with Gasteiger partial charge in [0, 0.05) is 13.1 Å². The van der Waals surface area contributed by atoms with E-state index in [0.717, 1.165) is 32.5 Å². The van der Waals surface area contributed by atoms with Gasteiger partial charge in [0.1, 0.15) is 0 Å². The Hall–Kier alpha value is -0.460. The third-order valence-electron chi connectivity index (χ3n) is 7.19. The van der Waals surface area contributed by atoms with Crippen molar-refractivity contribution in [1.82, 2.24) is 4.90 Å². The Labute approximate surface area is 230 Å². The number of carbonyl (C=O) groups is 1. The molecule has 1 fully saturated rings. The van der Waals surface area contributed by atoms with Crippen molar-refractivity contribution in [3.63, 3.8) is 0 Å². The molecule has 1 aliphatic heterocycles. The van der Waals surface area contributed by atoms with Gasteiger partial charge in [-0.15, -0.1) is 0 Å². The maximum Gasteiger partial charge on any atom is 0.409 e. The number of likely N-dealkylation sites (tertiary alicyclic amines) is 1. The van der Waals surface area contributed by atoms with Gasteiger partial charge < -0.3 is 22.0 Å². The number of halogens is 1. The molecule has 2 atom stereocenters. The van der Waals surface area contributed by atoms with Crippen molar-refractivity contribution in [2.45, 2.75) is 121 Å². The molecule has 0 saturated carbocycles. The fourth-order valence-corrected chi connectivity index (χ4v) is 6.55. The van der Waals surface area contributed by atoms with E-state index in [1.807, 2.05) is 16.7 Å². The van der Waals surface area contributed by atoms with E-state index in [-0.39, 0.29) is 18.5 Å². The Bertz CT molecular complexity index is 618. The fraction of sp³-hybridized carbons (Fsp3) is 0.857. The van der Waals surface area contributed by atoms with Crippen LogP contribution in [0.1, 0.15) is 110 Å². The maximum absolute atomic E-state index is 12.6. The number of amides is 1. The number of hydrogen-bond donors (Lipinski definition) is 0. The fourth-order valence-electron chi connectivity index (χ4n) is 5.02. The van der Waals surface area contributed by atoms with Crippen LogP contribution in [0, 0.1) is 5.92 Å². The van der Waals surface area contributed by atoms with E-state index in [1.165, 1.54) is 89.9 Å². The third kappa shape index (κ3) is 14.8. The van der Waals surface area contributed by atoms with Gasteiger partial charge in [-0.25, -0.2) is 4.79 Å². The van der Waals surface area contributed by atoms with Gasteiger partial charge in [0.2, 0.25) is 5.51 Å². The second-order valence-electron chi connectivity index (χ2n) is 10.1. The summed E-state index contributed by atoms with van der Waals surface area (Å²) >= 11 is 3.67. The van der Waals surface area contributed by atoms with Crippen LogP contribution in [-0.2, 0) is 11.3 Å². The monoisotopic (exact) mass is 546 g/mol. The molecule has 2 heterocycles. The molecule has 2 unspecified atom stereocenters. The standard InChI is InChI=1S/C28H51N2O2S2.ClH/c1-3-4-5-6-7-8-9-10-11-12-13-14-15-16-21-32-28(31)30-19-17-18-26(23-30)27(33-2)24-29-20-22-34-25-29;/h20,22,25-27H,3-19,21,23-24H2,1-2H3;1H/q+1;/p-1. The van der Waals surface area contributed by atoms with Crippen LogP contribution in [0.4, 0.5) is 4.79 Å². The normalized spacial score (nSPS) is 16.6. The number of piperidine rings is 1. The average Bonchev–Trinajstić information content (AvgIpc) is 3.38. The summed E-state index contributed by atoms with van der Waals surface area (Å²) < 4.78 is 7.91. The number of ether oxygens (including phenoxy) is 1. The van der Waals surface area contributed by atoms with Crippen molar-refractivity contribution >= 4 is 29.2 Å². The highest BCUT2D eigenvalue weighted by atomic mass is 35.5. The number of unbranched alkanes of at least 4 members (excludes halogenated alkanes) is 13. The Balaban J connectivity index is 0.00000612. The highest BCUT2D eigenvalue weighted by Crippen LogP contribution is 2.27. The lowest BCUT2D eigenvalue weighted by atomic mass is 9.94. The van der Waals surface area contributed by atoms with Crippen LogP contribution in [0.5, 0.6) is 0 Å². The molecule has 7 heteroatoms. The molecule has 4 nitrogen and oxygen atoms in total. The summed E-state index contributed by atoms with van der Waals surface area (Å²) in [6.07, 6.45) is 25.4. The van der Waals surface area contributed by atoms with Crippen LogP contribution in [0.2, 0.25) is 0 Å². The largest absolute Gasteiger partial charge is 1.00 e. The molecule has 0 aliphatic carbocycles. The molecule has 1 saturated heterocycles. The lowest BCUT2D eigenvalue weighted by molar-refractivity contribution is -0.692. The molecule has 204 valence electrons. The minimum atomic E-state index is -0.0950. The van der Waals surface area contributed by atoms with Gasteiger partial charge in [-0.3, -0.25) is 0 Å². The van der Waals surface area contributed by atoms with E-state index in [1.54, 1.807) is 11.3 Å². The summed E-state index contributed by atoms with van der Waals surface area (Å²) in [6.45, 7) is 5.58. The molecule has 0 bridgehead atoms. The topological polar surface area (TPSA) is 33.4 Å². The van der Waals surface area contributed by atoms with Crippen LogP contribution in [0.15, 0.2) is 17.1 Å². The average molecular weight is 547 g/mol. The summed E-state index contributed by atoms with van der Waals surface area (Å²) in [5.74, 6) is 0.546. The minimum Gasteiger partial charge on any atom is -1.00 e. The first-order chi connectivity index (χ1) is 16.7. The molecule has 0 spiro atoms. The van der Waals surface area contributed by atoms with E-state index >= 15 is 0 Å². The molecule has 0 aromatic carbocycles. The predicted molar refractivity (Wildman–Crippen MR) is 148 cm³/mol. The van der Waals surface area contributed by atoms with E-state index in [2.05, 4.69) is 34.8 Å². The molecular formula is C28H51ClN2O2S2. The summed E-state index contributed by atoms with van der Waals surface area (Å²) in [5.41, 5.74) is 2.18. The zero-order valence-corrected chi connectivity index (χ0v) is 24.8. The first-order valence-electron chi connectivity index (χ1n) is 14.1. The van der Waals surface area contributed by atoms with E-state index in [0.29, 0.717) is 17.8 Å². The Morgan fingerprint density at radius 1 is 1.03 bits per heavy atom. The highest BCUT2D eigenvalue weighted by Gasteiger charge is 2.31. The van der Waals surface area contributed by atoms with Crippen LogP contribution < -0.4 is 17.0 Å². The first kappa shape index (κ1) is 32.6. The molecular weight excluding hydrogens is 496 g/mol. The second-order valence-corrected chi connectivity index (χ2v) is 11.9. The number of nitrogens with zero attached hydrogens (tertiary/aromatic N) is 2. The molecule has 2 rings (SSSR count). The van der Waals surface area contributed by atoms with Gasteiger partial charge in [-0.05, 0) is 31.4 Å². The molecule has 1 amide bonds. The smallest absolute Gasteiger partial charge is 0.409 e. The zero-order valence-electron chi connectivity index (χ0n) is 22.4. The third-order valence-corrected chi connectivity index (χ3v) is 9.00. The zero-order chi connectivity index (χ0) is 24.3. The second kappa shape index (κ2) is 21.6. The number of rotatable bonds is 19. The van der Waals surface area contributed by atoms with Gasteiger partial charge in [-0.1, -0.05) is 102 Å². The highest BCUT2D eigenvalue weighted by molar-refractivity contribution is 7.99. The summed E-state index contributed by atoms with van der Waals surface area (Å²) in [5, 5.41) is 2.67. The van der Waals surface area contributed by atoms with E-state index < -0.39 is 0 Å². The summed E-state index contributed by atoms with van der Waals surface area (Å²) in [4.78, 5) is 14.6. The van der Waals surface area contributed by atoms with Gasteiger partial charge in [0.15, 0.2) is 12.7 Å². The van der Waals surface area contributed by atoms with Crippen molar-refractivity contribution in [1.29, 1.82) is 0 Å². The SMILES string of the molecule is CCCCCCCCCCCCCCCCOC(=O)N1CCCC(C(C[n+]2ccsc2)SC)C1.[Cl-]. The van der Waals surface area contributed by atoms with Crippen LogP contribution in [0.3, 0.4) is 0 Å². The van der Waals surface area contributed by atoms with Crippen LogP contribution in [-0.4, -0.2) is 42.2 Å². The summed E-state index contributed by atoms with van der Waals surface area (Å²) in [7, 11) is 0. The molecule has 1 aromatic rings. The lowest BCUT2D eigenvalue weighted by Crippen LogP contribution is -3.00. The summed E-state index contributed by atoms with van der Waals surface area (Å²) in [6, 6.07) is 0. The van der Waals surface area contributed by atoms with E-state index in [9.17, 15) is 4.79 Å². The van der Waals surface area contributed by atoms with Crippen molar-refractivity contribution < 1.29 is 26.5 Å². The number of aromatic nitrogens is 1. The van der Waals surface area contributed by atoms with Crippen LogP contribution in [0.25, 0.3) is 0 Å². The number of hydrogen-bond acceptors (Lipinski definition) is 4. The predicted octanol–water partition coefficient (Wildman–Crippen LogP) is 5.10. The molecule has 1 aromatic heterocycles. The number of thiazole rings is 1. The molecule has 0 N–H and O–H groups in total. The van der Waals surface area contributed by atoms with Gasteiger partial charge in [0.25, 0.3) is 0 Å². The maximum atomic E-state index is 12.6. The molecule has 0 radical (unpaired) electrons. The lowest BCUT2D eigenvalue weighted by Gasteiger charge is -2.34. The minimum absolute atomic E-state index is 0. The quantitative estimate of drug-likeness (QED) is 0.179.